The van der Waals surface area contributed by atoms with Crippen LogP contribution in [0.3, 0.4) is 0 Å². The Labute approximate surface area is 174 Å². The maximum atomic E-state index is 13.4. The summed E-state index contributed by atoms with van der Waals surface area (Å²) < 4.78 is 61.4. The second-order valence-electron chi connectivity index (χ2n) is 6.50. The number of sulfonamides is 1. The third-order valence-electron chi connectivity index (χ3n) is 4.06. The second kappa shape index (κ2) is 8.68. The zero-order valence-electron chi connectivity index (χ0n) is 15.9. The van der Waals surface area contributed by atoms with Crippen LogP contribution in [0, 0.1) is 5.82 Å². The average molecular weight is 463 g/mol. The van der Waals surface area contributed by atoms with Crippen LogP contribution in [0.2, 0.25) is 5.02 Å². The fourth-order valence-corrected chi connectivity index (χ4v) is 4.20. The Balaban J connectivity index is 2.16. The minimum absolute atomic E-state index is 0.0548. The Kier molecular flexibility index (Phi) is 6.92. The number of hydrogen-bond acceptors (Lipinski definition) is 5. The monoisotopic (exact) mass is 462 g/mol. The maximum Gasteiger partial charge on any atom is 0.241 e. The number of rotatable bonds is 7. The largest absolute Gasteiger partial charge is 0.348 e. The molecule has 0 radical (unpaired) electrons. The third kappa shape index (κ3) is 6.15. The first kappa shape index (κ1) is 23.1. The van der Waals surface area contributed by atoms with Crippen LogP contribution in [0.25, 0.3) is 0 Å². The van der Waals surface area contributed by atoms with Gasteiger partial charge in [-0.3, -0.25) is 9.10 Å². The topological polar surface area (TPSA) is 101 Å². The standard InChI is InChI=1S/C18H20ClFN2O5S2/c1-12(13-4-7-15(8-5-13)28(2,24)25)21-18(23)11-22(29(3,26)27)14-6-9-17(20)16(19)10-14/h4-10,12H,11H2,1-3H3,(H,21,23)/t12-/m1/s1. The molecule has 7 nitrogen and oxygen atoms in total. The van der Waals surface area contributed by atoms with Crippen molar-refractivity contribution in [1.82, 2.24) is 5.32 Å². The minimum Gasteiger partial charge on any atom is -0.348 e. The highest BCUT2D eigenvalue weighted by atomic mass is 35.5. The van der Waals surface area contributed by atoms with Gasteiger partial charge in [-0.1, -0.05) is 23.7 Å². The van der Waals surface area contributed by atoms with Crippen molar-refractivity contribution < 1.29 is 26.0 Å². The third-order valence-corrected chi connectivity index (χ3v) is 6.62. The maximum absolute atomic E-state index is 13.4. The van der Waals surface area contributed by atoms with Gasteiger partial charge in [0.1, 0.15) is 12.4 Å². The summed E-state index contributed by atoms with van der Waals surface area (Å²) in [6.45, 7) is 1.14. The lowest BCUT2D eigenvalue weighted by Crippen LogP contribution is -2.41. The van der Waals surface area contributed by atoms with E-state index in [1.165, 1.54) is 18.2 Å². The molecular weight excluding hydrogens is 443 g/mol. The van der Waals surface area contributed by atoms with Crippen LogP contribution in [0.15, 0.2) is 47.4 Å². The first-order valence-corrected chi connectivity index (χ1v) is 12.4. The van der Waals surface area contributed by atoms with Crippen LogP contribution >= 0.6 is 11.6 Å². The van der Waals surface area contributed by atoms with Crippen molar-refractivity contribution in [2.75, 3.05) is 23.4 Å². The Morgan fingerprint density at radius 1 is 1.10 bits per heavy atom. The molecule has 2 aromatic carbocycles. The van der Waals surface area contributed by atoms with Gasteiger partial charge in [-0.25, -0.2) is 21.2 Å². The fourth-order valence-electron chi connectivity index (χ4n) is 2.54. The number of hydrogen-bond donors (Lipinski definition) is 1. The molecule has 0 aliphatic rings. The lowest BCUT2D eigenvalue weighted by atomic mass is 10.1. The van der Waals surface area contributed by atoms with E-state index in [9.17, 15) is 26.0 Å². The van der Waals surface area contributed by atoms with Crippen molar-refractivity contribution in [2.45, 2.75) is 17.9 Å². The van der Waals surface area contributed by atoms with E-state index in [4.69, 9.17) is 11.6 Å². The number of nitrogens with one attached hydrogen (secondary N) is 1. The summed E-state index contributed by atoms with van der Waals surface area (Å²) in [5.74, 6) is -1.31. The summed E-state index contributed by atoms with van der Waals surface area (Å²) in [4.78, 5) is 12.6. The van der Waals surface area contributed by atoms with E-state index in [1.54, 1.807) is 19.1 Å². The van der Waals surface area contributed by atoms with Crippen molar-refractivity contribution in [3.63, 3.8) is 0 Å². The molecule has 0 heterocycles. The fraction of sp³-hybridized carbons (Fsp3) is 0.278. The molecule has 0 spiro atoms. The first-order valence-electron chi connectivity index (χ1n) is 8.31. The zero-order chi connectivity index (χ0) is 22.0. The highest BCUT2D eigenvalue weighted by Crippen LogP contribution is 2.24. The number of amides is 1. The molecule has 0 aliphatic carbocycles. The van der Waals surface area contributed by atoms with Gasteiger partial charge in [-0.05, 0) is 42.8 Å². The van der Waals surface area contributed by atoms with Crippen LogP contribution in [-0.2, 0) is 24.7 Å². The highest BCUT2D eigenvalue weighted by Gasteiger charge is 2.23. The Bertz CT molecular complexity index is 1120. The summed E-state index contributed by atoms with van der Waals surface area (Å²) in [6, 6.07) is 8.83. The Hall–Kier alpha value is -2.17. The van der Waals surface area contributed by atoms with Gasteiger partial charge in [0.05, 0.1) is 27.9 Å². The molecule has 11 heteroatoms. The van der Waals surface area contributed by atoms with Gasteiger partial charge in [0.2, 0.25) is 15.9 Å². The smallest absolute Gasteiger partial charge is 0.241 e. The Morgan fingerprint density at radius 2 is 1.69 bits per heavy atom. The van der Waals surface area contributed by atoms with Crippen LogP contribution < -0.4 is 9.62 Å². The predicted molar refractivity (Wildman–Crippen MR) is 110 cm³/mol. The van der Waals surface area contributed by atoms with E-state index < -0.39 is 44.2 Å². The molecule has 158 valence electrons. The molecule has 0 aromatic heterocycles. The number of anilines is 1. The quantitative estimate of drug-likeness (QED) is 0.681. The molecular formula is C18H20ClFN2O5S2. The molecule has 29 heavy (non-hydrogen) atoms. The summed E-state index contributed by atoms with van der Waals surface area (Å²) in [7, 11) is -7.18. The molecule has 0 fully saturated rings. The molecule has 1 amide bonds. The van der Waals surface area contributed by atoms with Gasteiger partial charge in [0.15, 0.2) is 9.84 Å². The van der Waals surface area contributed by atoms with Gasteiger partial charge in [0, 0.05) is 6.26 Å². The van der Waals surface area contributed by atoms with Crippen LogP contribution in [-0.4, -0.2) is 41.8 Å². The second-order valence-corrected chi connectivity index (χ2v) is 10.8. The number of carbonyl (C=O) groups excluding carboxylic acids is 1. The highest BCUT2D eigenvalue weighted by molar-refractivity contribution is 7.92. The summed E-state index contributed by atoms with van der Waals surface area (Å²) in [5.41, 5.74) is 0.695. The SMILES string of the molecule is C[C@@H](NC(=O)CN(c1ccc(F)c(Cl)c1)S(C)(=O)=O)c1ccc(S(C)(=O)=O)cc1. The van der Waals surface area contributed by atoms with E-state index in [-0.39, 0.29) is 15.6 Å². The van der Waals surface area contributed by atoms with Crippen molar-refractivity contribution in [3.05, 3.63) is 58.9 Å². The number of carbonyl (C=O) groups is 1. The Morgan fingerprint density at radius 3 is 2.17 bits per heavy atom. The van der Waals surface area contributed by atoms with Gasteiger partial charge >= 0.3 is 0 Å². The molecule has 0 saturated carbocycles. The van der Waals surface area contributed by atoms with Crippen LogP contribution in [0.5, 0.6) is 0 Å². The molecule has 0 bridgehead atoms. The molecule has 0 aliphatic heterocycles. The number of halogens is 2. The predicted octanol–water partition coefficient (Wildman–Crippen LogP) is 2.53. The number of benzene rings is 2. The number of sulfone groups is 1. The molecule has 1 N–H and O–H groups in total. The normalized spacial score (nSPS) is 13.0. The van der Waals surface area contributed by atoms with E-state index in [1.807, 2.05) is 0 Å². The number of nitrogens with zero attached hydrogens (tertiary/aromatic N) is 1. The lowest BCUT2D eigenvalue weighted by molar-refractivity contribution is -0.120. The first-order chi connectivity index (χ1) is 13.3. The van der Waals surface area contributed by atoms with Gasteiger partial charge < -0.3 is 5.32 Å². The molecule has 2 aromatic rings. The molecule has 2 rings (SSSR count). The van der Waals surface area contributed by atoms with Crippen LogP contribution in [0.1, 0.15) is 18.5 Å². The minimum atomic E-state index is -3.84. The van der Waals surface area contributed by atoms with Gasteiger partial charge in [0.25, 0.3) is 0 Å². The molecule has 1 atom stereocenters. The van der Waals surface area contributed by atoms with Crippen molar-refractivity contribution in [1.29, 1.82) is 0 Å². The van der Waals surface area contributed by atoms with Crippen molar-refractivity contribution in [3.8, 4) is 0 Å². The van der Waals surface area contributed by atoms with E-state index in [2.05, 4.69) is 5.32 Å². The lowest BCUT2D eigenvalue weighted by Gasteiger charge is -2.23. The van der Waals surface area contributed by atoms with Gasteiger partial charge in [-0.15, -0.1) is 0 Å². The van der Waals surface area contributed by atoms with E-state index in [0.717, 1.165) is 28.9 Å². The van der Waals surface area contributed by atoms with Crippen molar-refractivity contribution >= 4 is 43.1 Å². The molecule has 0 saturated heterocycles. The zero-order valence-corrected chi connectivity index (χ0v) is 18.3. The summed E-state index contributed by atoms with van der Waals surface area (Å²) >= 11 is 5.71. The van der Waals surface area contributed by atoms with Gasteiger partial charge in [-0.2, -0.15) is 0 Å². The summed E-state index contributed by atoms with van der Waals surface area (Å²) in [6.07, 6.45) is 2.01. The van der Waals surface area contributed by atoms with Crippen LogP contribution in [0.4, 0.5) is 10.1 Å². The van der Waals surface area contributed by atoms with E-state index >= 15 is 0 Å². The molecule has 0 unspecified atom stereocenters. The average Bonchev–Trinajstić information content (AvgIpc) is 2.60. The summed E-state index contributed by atoms with van der Waals surface area (Å²) in [5, 5.41) is 2.38. The van der Waals surface area contributed by atoms with E-state index in [0.29, 0.717) is 5.56 Å². The van der Waals surface area contributed by atoms with Crippen molar-refractivity contribution in [2.24, 2.45) is 0 Å².